The fourth-order valence-corrected chi connectivity index (χ4v) is 5.06. The number of hydrogen-bond donors (Lipinski definition) is 1. The van der Waals surface area contributed by atoms with Crippen LogP contribution in [-0.2, 0) is 11.2 Å². The number of benzene rings is 1. The van der Waals surface area contributed by atoms with Crippen LogP contribution in [0.5, 0.6) is 0 Å². The standard InChI is InChI=1S/C22H26N2O2S/c25-21(23-14-17-8-3-7-16-6-1-2-10-19(16)17)18-9-4-12-24(15-18)22(26)20-11-5-13-27-20/h1-2,5-6,10-11,13,17-18H,3-4,7-9,12,14-15H2,(H,23,25)/t17-,18-/m0/s1. The van der Waals surface area contributed by atoms with Gasteiger partial charge >= 0.3 is 0 Å². The van der Waals surface area contributed by atoms with Gasteiger partial charge in [-0.15, -0.1) is 11.3 Å². The molecule has 1 N–H and O–H groups in total. The van der Waals surface area contributed by atoms with Crippen LogP contribution in [0.25, 0.3) is 0 Å². The normalized spacial score (nSPS) is 22.1. The van der Waals surface area contributed by atoms with Crippen molar-refractivity contribution in [2.45, 2.75) is 38.0 Å². The number of hydrogen-bond acceptors (Lipinski definition) is 3. The van der Waals surface area contributed by atoms with E-state index in [4.69, 9.17) is 0 Å². The molecule has 5 heteroatoms. The van der Waals surface area contributed by atoms with Crippen LogP contribution in [0, 0.1) is 5.92 Å². The molecule has 1 aromatic carbocycles. The highest BCUT2D eigenvalue weighted by atomic mass is 32.1. The van der Waals surface area contributed by atoms with E-state index >= 15 is 0 Å². The van der Waals surface area contributed by atoms with Gasteiger partial charge in [-0.2, -0.15) is 0 Å². The van der Waals surface area contributed by atoms with Crippen LogP contribution in [0.3, 0.4) is 0 Å². The molecule has 2 aromatic rings. The van der Waals surface area contributed by atoms with Gasteiger partial charge in [-0.1, -0.05) is 30.3 Å². The summed E-state index contributed by atoms with van der Waals surface area (Å²) in [7, 11) is 0. The van der Waals surface area contributed by atoms with Crippen LogP contribution in [0.2, 0.25) is 0 Å². The lowest BCUT2D eigenvalue weighted by molar-refractivity contribution is -0.126. The SMILES string of the molecule is O=C(NC[C@@H]1CCCc2ccccc21)[C@H]1CCCN(C(=O)c2cccs2)C1. The molecule has 2 amide bonds. The van der Waals surface area contributed by atoms with Gasteiger partial charge < -0.3 is 10.2 Å². The van der Waals surface area contributed by atoms with Crippen molar-refractivity contribution in [1.82, 2.24) is 10.2 Å². The first-order chi connectivity index (χ1) is 13.2. The summed E-state index contributed by atoms with van der Waals surface area (Å²) in [4.78, 5) is 27.9. The summed E-state index contributed by atoms with van der Waals surface area (Å²) in [6.07, 6.45) is 5.21. The molecule has 0 bridgehead atoms. The van der Waals surface area contributed by atoms with Crippen molar-refractivity contribution in [2.24, 2.45) is 5.92 Å². The Bertz CT molecular complexity index is 802. The van der Waals surface area contributed by atoms with Gasteiger partial charge in [-0.3, -0.25) is 9.59 Å². The van der Waals surface area contributed by atoms with Crippen molar-refractivity contribution in [3.63, 3.8) is 0 Å². The van der Waals surface area contributed by atoms with Crippen LogP contribution in [-0.4, -0.2) is 36.3 Å². The number of carbonyl (C=O) groups is 2. The molecule has 27 heavy (non-hydrogen) atoms. The van der Waals surface area contributed by atoms with Crippen LogP contribution >= 0.6 is 11.3 Å². The van der Waals surface area contributed by atoms with Gasteiger partial charge in [-0.25, -0.2) is 0 Å². The fourth-order valence-electron chi connectivity index (χ4n) is 4.37. The first-order valence-corrected chi connectivity index (χ1v) is 10.8. The molecular formula is C22H26N2O2S. The highest BCUT2D eigenvalue weighted by molar-refractivity contribution is 7.12. The third-order valence-electron chi connectivity index (χ3n) is 5.83. The lowest BCUT2D eigenvalue weighted by atomic mass is 9.82. The number of amides is 2. The van der Waals surface area contributed by atoms with E-state index in [0.29, 0.717) is 19.0 Å². The molecule has 1 aliphatic carbocycles. The van der Waals surface area contributed by atoms with Gasteiger partial charge in [0.15, 0.2) is 0 Å². The second-order valence-electron chi connectivity index (χ2n) is 7.60. The lowest BCUT2D eigenvalue weighted by Gasteiger charge is -2.32. The summed E-state index contributed by atoms with van der Waals surface area (Å²) in [6, 6.07) is 12.4. The fraction of sp³-hybridized carbons (Fsp3) is 0.455. The second kappa shape index (κ2) is 8.26. The van der Waals surface area contributed by atoms with Gasteiger partial charge in [0.2, 0.25) is 5.91 Å². The van der Waals surface area contributed by atoms with E-state index in [9.17, 15) is 9.59 Å². The Kier molecular flexibility index (Phi) is 5.58. The van der Waals surface area contributed by atoms with Crippen LogP contribution in [0.1, 0.15) is 52.4 Å². The summed E-state index contributed by atoms with van der Waals surface area (Å²) in [5.74, 6) is 0.471. The molecule has 1 aromatic heterocycles. The highest BCUT2D eigenvalue weighted by Crippen LogP contribution is 2.31. The number of likely N-dealkylation sites (tertiary alicyclic amines) is 1. The molecule has 1 fully saturated rings. The second-order valence-corrected chi connectivity index (χ2v) is 8.55. The Balaban J connectivity index is 1.34. The molecule has 4 rings (SSSR count). The van der Waals surface area contributed by atoms with Crippen molar-refractivity contribution in [1.29, 1.82) is 0 Å². The lowest BCUT2D eigenvalue weighted by Crippen LogP contribution is -2.46. The molecule has 1 saturated heterocycles. The van der Waals surface area contributed by atoms with Crippen molar-refractivity contribution < 1.29 is 9.59 Å². The van der Waals surface area contributed by atoms with E-state index in [1.807, 2.05) is 22.4 Å². The van der Waals surface area contributed by atoms with E-state index in [0.717, 1.165) is 37.1 Å². The summed E-state index contributed by atoms with van der Waals surface area (Å²) >= 11 is 1.47. The molecule has 0 radical (unpaired) electrons. The largest absolute Gasteiger partial charge is 0.355 e. The molecule has 0 unspecified atom stereocenters. The maximum atomic E-state index is 12.8. The third kappa shape index (κ3) is 4.08. The minimum absolute atomic E-state index is 0.0590. The summed E-state index contributed by atoms with van der Waals surface area (Å²) < 4.78 is 0. The van der Waals surface area contributed by atoms with E-state index in [-0.39, 0.29) is 17.7 Å². The average molecular weight is 383 g/mol. The molecule has 2 heterocycles. The quantitative estimate of drug-likeness (QED) is 0.873. The maximum absolute atomic E-state index is 12.8. The maximum Gasteiger partial charge on any atom is 0.263 e. The highest BCUT2D eigenvalue weighted by Gasteiger charge is 2.30. The van der Waals surface area contributed by atoms with E-state index in [1.54, 1.807) is 0 Å². The molecule has 2 aliphatic rings. The number of fused-ring (bicyclic) bond motifs is 1. The van der Waals surface area contributed by atoms with Crippen molar-refractivity contribution in [2.75, 3.05) is 19.6 Å². The Morgan fingerprint density at radius 2 is 2.00 bits per heavy atom. The molecule has 142 valence electrons. The topological polar surface area (TPSA) is 49.4 Å². The first kappa shape index (κ1) is 18.2. The van der Waals surface area contributed by atoms with Crippen LogP contribution in [0.4, 0.5) is 0 Å². The minimum Gasteiger partial charge on any atom is -0.355 e. The Morgan fingerprint density at radius 3 is 2.85 bits per heavy atom. The number of rotatable bonds is 4. The Morgan fingerprint density at radius 1 is 1.11 bits per heavy atom. The predicted molar refractivity (Wildman–Crippen MR) is 108 cm³/mol. The number of nitrogens with one attached hydrogen (secondary N) is 1. The molecule has 0 spiro atoms. The Hall–Kier alpha value is -2.14. The number of piperidine rings is 1. The van der Waals surface area contributed by atoms with Crippen molar-refractivity contribution in [3.05, 3.63) is 57.8 Å². The van der Waals surface area contributed by atoms with E-state index in [2.05, 4.69) is 29.6 Å². The minimum atomic E-state index is -0.0958. The van der Waals surface area contributed by atoms with E-state index < -0.39 is 0 Å². The summed E-state index contributed by atoms with van der Waals surface area (Å²) in [5.41, 5.74) is 2.82. The molecule has 4 nitrogen and oxygen atoms in total. The van der Waals surface area contributed by atoms with Gasteiger partial charge in [-0.05, 0) is 54.7 Å². The smallest absolute Gasteiger partial charge is 0.263 e. The zero-order chi connectivity index (χ0) is 18.6. The van der Waals surface area contributed by atoms with Gasteiger partial charge in [0.25, 0.3) is 5.91 Å². The number of aryl methyl sites for hydroxylation is 1. The predicted octanol–water partition coefficient (Wildman–Crippen LogP) is 3.84. The molecule has 0 saturated carbocycles. The van der Waals surface area contributed by atoms with Crippen LogP contribution < -0.4 is 5.32 Å². The third-order valence-corrected chi connectivity index (χ3v) is 6.69. The van der Waals surface area contributed by atoms with Gasteiger partial charge in [0.1, 0.15) is 0 Å². The Labute approximate surface area is 164 Å². The van der Waals surface area contributed by atoms with Gasteiger partial charge in [0, 0.05) is 25.6 Å². The zero-order valence-corrected chi connectivity index (χ0v) is 16.3. The molecular weight excluding hydrogens is 356 g/mol. The molecule has 2 atom stereocenters. The number of carbonyl (C=O) groups excluding carboxylic acids is 2. The van der Waals surface area contributed by atoms with Gasteiger partial charge in [0.05, 0.1) is 10.8 Å². The zero-order valence-electron chi connectivity index (χ0n) is 15.5. The first-order valence-electron chi connectivity index (χ1n) is 9.90. The summed E-state index contributed by atoms with van der Waals surface area (Å²) in [6.45, 7) is 1.98. The monoisotopic (exact) mass is 382 g/mol. The van der Waals surface area contributed by atoms with E-state index in [1.165, 1.54) is 28.9 Å². The van der Waals surface area contributed by atoms with Crippen molar-refractivity contribution >= 4 is 23.2 Å². The van der Waals surface area contributed by atoms with Crippen LogP contribution in [0.15, 0.2) is 41.8 Å². The summed E-state index contributed by atoms with van der Waals surface area (Å²) in [5, 5.41) is 5.10. The number of nitrogens with zero attached hydrogens (tertiary/aromatic N) is 1. The molecule has 1 aliphatic heterocycles. The average Bonchev–Trinajstić information content (AvgIpc) is 3.26. The number of thiophene rings is 1. The van der Waals surface area contributed by atoms with Crippen molar-refractivity contribution in [3.8, 4) is 0 Å².